The van der Waals surface area contributed by atoms with Crippen LogP contribution in [0.2, 0.25) is 0 Å². The van der Waals surface area contributed by atoms with Crippen molar-refractivity contribution in [2.45, 2.75) is 44.7 Å². The van der Waals surface area contributed by atoms with Gasteiger partial charge in [-0.25, -0.2) is 8.42 Å². The second-order valence-corrected chi connectivity index (χ2v) is 14.6. The molecule has 9 nitrogen and oxygen atoms in total. The van der Waals surface area contributed by atoms with Crippen LogP contribution in [0.25, 0.3) is 0 Å². The second kappa shape index (κ2) is 16.7. The number of amides is 2. The number of nitrogens with one attached hydrogen (secondary N) is 1. The Morgan fingerprint density at radius 3 is 2.12 bits per heavy atom. The van der Waals surface area contributed by atoms with Crippen molar-refractivity contribution in [3.8, 4) is 11.5 Å². The van der Waals surface area contributed by atoms with Gasteiger partial charge < -0.3 is 19.7 Å². The first kappa shape index (κ1) is 36.5. The van der Waals surface area contributed by atoms with Crippen molar-refractivity contribution < 1.29 is 27.5 Å². The summed E-state index contributed by atoms with van der Waals surface area (Å²) < 4.78 is 41.4. The smallest absolute Gasteiger partial charge is 0.264 e. The normalized spacial score (nSPS) is 11.9. The minimum atomic E-state index is -4.27. The molecule has 0 aromatic heterocycles. The van der Waals surface area contributed by atoms with Gasteiger partial charge in [0, 0.05) is 30.0 Å². The zero-order valence-corrected chi connectivity index (χ0v) is 30.3. The number of carbonyl (C=O) groups is 2. The molecule has 1 unspecified atom stereocenters. The Morgan fingerprint density at radius 2 is 1.50 bits per heavy atom. The van der Waals surface area contributed by atoms with E-state index >= 15 is 0 Å². The number of methoxy groups -OCH3 is 2. The Balaban J connectivity index is 1.84. The van der Waals surface area contributed by atoms with Crippen molar-refractivity contribution in [3.05, 3.63) is 118 Å². The number of aryl methyl sites for hydroxylation is 1. The Kier molecular flexibility index (Phi) is 12.7. The van der Waals surface area contributed by atoms with Gasteiger partial charge in [0.1, 0.15) is 12.6 Å². The quantitative estimate of drug-likeness (QED) is 0.152. The summed E-state index contributed by atoms with van der Waals surface area (Å²) in [5.74, 6) is 0.00522. The molecule has 2 amide bonds. The molecule has 0 saturated heterocycles. The van der Waals surface area contributed by atoms with Gasteiger partial charge in [-0.15, -0.1) is 0 Å². The molecule has 4 aromatic rings. The molecule has 1 atom stereocenters. The van der Waals surface area contributed by atoms with Crippen LogP contribution in [0.4, 0.5) is 5.69 Å². The first-order chi connectivity index (χ1) is 22.9. The Hall–Kier alpha value is -4.35. The van der Waals surface area contributed by atoms with Gasteiger partial charge >= 0.3 is 0 Å². The van der Waals surface area contributed by atoms with E-state index < -0.39 is 28.5 Å². The third-order valence-corrected chi connectivity index (χ3v) is 10.0. The number of ether oxygens (including phenoxy) is 2. The van der Waals surface area contributed by atoms with Crippen LogP contribution in [0.3, 0.4) is 0 Å². The number of rotatable bonds is 15. The SMILES string of the molecule is COc1ccc(N(CC(=O)N(Cc2cccc(Br)c2)C(Cc2ccccc2)C(=O)NCC(C)C)S(=O)(=O)c2ccc(C)cc2)cc1OC. The standard InChI is InChI=1S/C37H42BrN3O6S/c1-26(2)23-39-37(43)33(21-28-10-7-6-8-11-28)40(24-29-12-9-13-30(38)20-29)36(42)25-41(31-16-19-34(46-4)35(22-31)47-5)48(44,45)32-17-14-27(3)15-18-32/h6-20,22,26,33H,21,23-25H2,1-5H3,(H,39,43). The molecule has 11 heteroatoms. The Morgan fingerprint density at radius 1 is 0.833 bits per heavy atom. The summed E-state index contributed by atoms with van der Waals surface area (Å²) in [5.41, 5.74) is 2.72. The zero-order valence-electron chi connectivity index (χ0n) is 27.9. The second-order valence-electron chi connectivity index (χ2n) is 11.9. The average Bonchev–Trinajstić information content (AvgIpc) is 3.07. The third-order valence-electron chi connectivity index (χ3n) is 7.74. The summed E-state index contributed by atoms with van der Waals surface area (Å²) in [4.78, 5) is 30.1. The van der Waals surface area contributed by atoms with Crippen LogP contribution in [0.5, 0.6) is 11.5 Å². The Bertz CT molecular complexity index is 1800. The maximum atomic E-state index is 14.7. The number of anilines is 1. The van der Waals surface area contributed by atoms with E-state index in [0.717, 1.165) is 25.5 Å². The summed E-state index contributed by atoms with van der Waals surface area (Å²) in [6, 6.07) is 27.1. The number of hydrogen-bond donors (Lipinski definition) is 1. The lowest BCUT2D eigenvalue weighted by atomic mass is 10.0. The van der Waals surface area contributed by atoms with Crippen LogP contribution in [-0.2, 0) is 32.6 Å². The number of sulfonamides is 1. The fourth-order valence-electron chi connectivity index (χ4n) is 5.15. The van der Waals surface area contributed by atoms with E-state index in [0.29, 0.717) is 18.0 Å². The predicted octanol–water partition coefficient (Wildman–Crippen LogP) is 6.38. The molecule has 48 heavy (non-hydrogen) atoms. The van der Waals surface area contributed by atoms with Gasteiger partial charge in [0.05, 0.1) is 24.8 Å². The van der Waals surface area contributed by atoms with Crippen molar-refractivity contribution in [1.29, 1.82) is 0 Å². The highest BCUT2D eigenvalue weighted by atomic mass is 79.9. The van der Waals surface area contributed by atoms with E-state index in [1.165, 1.54) is 37.3 Å². The first-order valence-corrected chi connectivity index (χ1v) is 17.8. The van der Waals surface area contributed by atoms with E-state index in [1.54, 1.807) is 24.3 Å². The molecule has 0 fully saturated rings. The highest BCUT2D eigenvalue weighted by molar-refractivity contribution is 9.10. The molecule has 0 bridgehead atoms. The highest BCUT2D eigenvalue weighted by Crippen LogP contribution is 2.34. The van der Waals surface area contributed by atoms with Crippen molar-refractivity contribution in [3.63, 3.8) is 0 Å². The number of carbonyl (C=O) groups excluding carboxylic acids is 2. The molecule has 1 N–H and O–H groups in total. The molecule has 0 aliphatic heterocycles. The van der Waals surface area contributed by atoms with Crippen LogP contribution in [0.15, 0.2) is 106 Å². The zero-order chi connectivity index (χ0) is 34.8. The maximum Gasteiger partial charge on any atom is 0.264 e. The molecule has 4 rings (SSSR count). The van der Waals surface area contributed by atoms with Crippen molar-refractivity contribution >= 4 is 43.5 Å². The number of nitrogens with zero attached hydrogens (tertiary/aromatic N) is 2. The molecule has 4 aromatic carbocycles. The topological polar surface area (TPSA) is 105 Å². The summed E-state index contributed by atoms with van der Waals surface area (Å²) >= 11 is 3.51. The van der Waals surface area contributed by atoms with Crippen LogP contribution < -0.4 is 19.1 Å². The largest absolute Gasteiger partial charge is 0.493 e. The third kappa shape index (κ3) is 9.38. The summed E-state index contributed by atoms with van der Waals surface area (Å²) in [5, 5.41) is 3.00. The van der Waals surface area contributed by atoms with Gasteiger partial charge in [-0.3, -0.25) is 13.9 Å². The number of benzene rings is 4. The molecule has 0 saturated carbocycles. The molecular formula is C37H42BrN3O6S. The lowest BCUT2D eigenvalue weighted by Gasteiger charge is -2.34. The van der Waals surface area contributed by atoms with Gasteiger partial charge in [0.2, 0.25) is 11.8 Å². The average molecular weight is 737 g/mol. The molecule has 254 valence electrons. The fourth-order valence-corrected chi connectivity index (χ4v) is 7.01. The molecule has 0 heterocycles. The van der Waals surface area contributed by atoms with Gasteiger partial charge in [0.15, 0.2) is 11.5 Å². The van der Waals surface area contributed by atoms with Crippen LogP contribution >= 0.6 is 15.9 Å². The van der Waals surface area contributed by atoms with E-state index in [2.05, 4.69) is 21.2 Å². The monoisotopic (exact) mass is 735 g/mol. The van der Waals surface area contributed by atoms with Crippen molar-refractivity contribution in [2.75, 3.05) is 31.6 Å². The first-order valence-electron chi connectivity index (χ1n) is 15.6. The summed E-state index contributed by atoms with van der Waals surface area (Å²) in [7, 11) is -1.33. The molecule has 0 radical (unpaired) electrons. The van der Waals surface area contributed by atoms with E-state index in [4.69, 9.17) is 9.47 Å². The summed E-state index contributed by atoms with van der Waals surface area (Å²) in [6.07, 6.45) is 0.228. The highest BCUT2D eigenvalue weighted by Gasteiger charge is 2.35. The summed E-state index contributed by atoms with van der Waals surface area (Å²) in [6.45, 7) is 5.75. The van der Waals surface area contributed by atoms with Crippen molar-refractivity contribution in [1.82, 2.24) is 10.2 Å². The van der Waals surface area contributed by atoms with Gasteiger partial charge in [-0.05, 0) is 60.4 Å². The van der Waals surface area contributed by atoms with Crippen LogP contribution in [0, 0.1) is 12.8 Å². The van der Waals surface area contributed by atoms with E-state index in [9.17, 15) is 18.0 Å². The minimum absolute atomic E-state index is 0.0183. The lowest BCUT2D eigenvalue weighted by molar-refractivity contribution is -0.140. The predicted molar refractivity (Wildman–Crippen MR) is 192 cm³/mol. The molecular weight excluding hydrogens is 694 g/mol. The van der Waals surface area contributed by atoms with Crippen molar-refractivity contribution in [2.24, 2.45) is 5.92 Å². The minimum Gasteiger partial charge on any atom is -0.493 e. The van der Waals surface area contributed by atoms with E-state index in [-0.39, 0.29) is 35.4 Å². The maximum absolute atomic E-state index is 14.7. The lowest BCUT2D eigenvalue weighted by Crippen LogP contribution is -2.53. The van der Waals surface area contributed by atoms with Crippen LogP contribution in [0.1, 0.15) is 30.5 Å². The van der Waals surface area contributed by atoms with Crippen LogP contribution in [-0.4, -0.2) is 58.5 Å². The van der Waals surface area contributed by atoms with E-state index in [1.807, 2.05) is 75.4 Å². The number of hydrogen-bond acceptors (Lipinski definition) is 6. The fraction of sp³-hybridized carbons (Fsp3) is 0.297. The van der Waals surface area contributed by atoms with Gasteiger partial charge in [-0.1, -0.05) is 89.9 Å². The Labute approximate surface area is 292 Å². The molecule has 0 spiro atoms. The number of halogens is 1. The molecule has 0 aliphatic carbocycles. The molecule has 0 aliphatic rings. The van der Waals surface area contributed by atoms with Gasteiger partial charge in [0.25, 0.3) is 10.0 Å². The van der Waals surface area contributed by atoms with Gasteiger partial charge in [-0.2, -0.15) is 0 Å².